The molecule has 0 atom stereocenters. The summed E-state index contributed by atoms with van der Waals surface area (Å²) in [6, 6.07) is 9.42. The van der Waals surface area contributed by atoms with Crippen LogP contribution in [0.1, 0.15) is 20.7 Å². The van der Waals surface area contributed by atoms with Crippen molar-refractivity contribution in [3.8, 4) is 0 Å². The zero-order valence-corrected chi connectivity index (χ0v) is 9.83. The van der Waals surface area contributed by atoms with E-state index in [1.165, 1.54) is 18.3 Å². The van der Waals surface area contributed by atoms with Crippen molar-refractivity contribution in [1.29, 1.82) is 0 Å². The van der Waals surface area contributed by atoms with Crippen molar-refractivity contribution < 1.29 is 14.7 Å². The molecule has 0 unspecified atom stereocenters. The number of carbonyl (C=O) groups is 2. The third-order valence-electron chi connectivity index (χ3n) is 2.45. The molecule has 0 aliphatic carbocycles. The van der Waals surface area contributed by atoms with E-state index in [9.17, 15) is 9.59 Å². The van der Waals surface area contributed by atoms with E-state index in [4.69, 9.17) is 10.8 Å². The quantitative estimate of drug-likeness (QED) is 0.771. The van der Waals surface area contributed by atoms with Gasteiger partial charge in [-0.2, -0.15) is 0 Å². The predicted octanol–water partition coefficient (Wildman–Crippen LogP) is 1.62. The lowest BCUT2D eigenvalue weighted by Crippen LogP contribution is -2.11. The van der Waals surface area contributed by atoms with Crippen LogP contribution in [0.5, 0.6) is 0 Å². The molecule has 4 N–H and O–H groups in total. The second-order valence-electron chi connectivity index (χ2n) is 3.80. The van der Waals surface area contributed by atoms with Crippen LogP contribution in [0.3, 0.4) is 0 Å². The number of amides is 1. The van der Waals surface area contributed by atoms with Gasteiger partial charge in [-0.3, -0.25) is 4.79 Å². The van der Waals surface area contributed by atoms with Crippen LogP contribution in [0, 0.1) is 0 Å². The normalized spacial score (nSPS) is 9.89. The molecule has 1 amide bonds. The van der Waals surface area contributed by atoms with Gasteiger partial charge in [-0.15, -0.1) is 0 Å². The fourth-order valence-electron chi connectivity index (χ4n) is 1.46. The first-order valence-corrected chi connectivity index (χ1v) is 5.42. The maximum Gasteiger partial charge on any atom is 0.335 e. The monoisotopic (exact) mass is 257 g/mol. The second kappa shape index (κ2) is 5.18. The predicted molar refractivity (Wildman–Crippen MR) is 69.4 cm³/mol. The first-order chi connectivity index (χ1) is 9.06. The standard InChI is InChI=1S/C13H11N3O3/c14-12(17)9-3-6-11(15-7-9)16-10-4-1-8(2-5-10)13(18)19/h1-7H,(H2,14,17)(H,15,16)(H,18,19). The number of pyridine rings is 1. The molecular formula is C13H11N3O3. The minimum atomic E-state index is -0.976. The molecule has 2 aromatic rings. The Hall–Kier alpha value is -2.89. The molecule has 0 radical (unpaired) electrons. The number of nitrogens with one attached hydrogen (secondary N) is 1. The summed E-state index contributed by atoms with van der Waals surface area (Å²) in [5.74, 6) is -0.978. The van der Waals surface area contributed by atoms with Crippen LogP contribution in [0.25, 0.3) is 0 Å². The Balaban J connectivity index is 2.12. The van der Waals surface area contributed by atoms with Crippen molar-refractivity contribution in [3.05, 3.63) is 53.7 Å². The van der Waals surface area contributed by atoms with E-state index in [1.807, 2.05) is 0 Å². The number of hydrogen-bond donors (Lipinski definition) is 3. The molecule has 19 heavy (non-hydrogen) atoms. The van der Waals surface area contributed by atoms with Crippen LogP contribution in [-0.2, 0) is 0 Å². The number of benzene rings is 1. The fraction of sp³-hybridized carbons (Fsp3) is 0. The Morgan fingerprint density at radius 2 is 1.68 bits per heavy atom. The maximum absolute atomic E-state index is 10.9. The summed E-state index contributed by atoms with van der Waals surface area (Å²) in [7, 11) is 0. The van der Waals surface area contributed by atoms with E-state index < -0.39 is 11.9 Å². The molecule has 6 nitrogen and oxygen atoms in total. The highest BCUT2D eigenvalue weighted by atomic mass is 16.4. The number of carboxylic acids is 1. The van der Waals surface area contributed by atoms with E-state index in [-0.39, 0.29) is 5.56 Å². The Bertz CT molecular complexity index is 551. The van der Waals surface area contributed by atoms with Gasteiger partial charge in [0.2, 0.25) is 5.91 Å². The smallest absolute Gasteiger partial charge is 0.335 e. The molecule has 0 aliphatic heterocycles. The number of aromatic carboxylic acids is 1. The summed E-state index contributed by atoms with van der Waals surface area (Å²) >= 11 is 0. The average molecular weight is 257 g/mol. The molecule has 1 heterocycles. The molecule has 0 saturated heterocycles. The van der Waals surface area contributed by atoms with E-state index in [0.29, 0.717) is 17.1 Å². The van der Waals surface area contributed by atoms with Gasteiger partial charge in [0.1, 0.15) is 5.82 Å². The van der Waals surface area contributed by atoms with Gasteiger partial charge in [0.15, 0.2) is 0 Å². The highest BCUT2D eigenvalue weighted by Crippen LogP contribution is 2.15. The van der Waals surface area contributed by atoms with Crippen LogP contribution in [0.15, 0.2) is 42.6 Å². The third-order valence-corrected chi connectivity index (χ3v) is 2.45. The van der Waals surface area contributed by atoms with Crippen molar-refractivity contribution in [1.82, 2.24) is 4.98 Å². The number of carbonyl (C=O) groups excluding carboxylic acids is 1. The lowest BCUT2D eigenvalue weighted by Gasteiger charge is -2.06. The second-order valence-corrected chi connectivity index (χ2v) is 3.80. The molecule has 0 aliphatic rings. The van der Waals surface area contributed by atoms with Crippen molar-refractivity contribution in [2.45, 2.75) is 0 Å². The highest BCUT2D eigenvalue weighted by molar-refractivity contribution is 5.92. The van der Waals surface area contributed by atoms with E-state index in [2.05, 4.69) is 10.3 Å². The van der Waals surface area contributed by atoms with Crippen molar-refractivity contribution >= 4 is 23.4 Å². The fourth-order valence-corrected chi connectivity index (χ4v) is 1.46. The first kappa shape index (κ1) is 12.6. The van der Waals surface area contributed by atoms with E-state index in [1.54, 1.807) is 24.3 Å². The highest BCUT2D eigenvalue weighted by Gasteiger charge is 2.03. The van der Waals surface area contributed by atoms with Gasteiger partial charge in [0.25, 0.3) is 0 Å². The van der Waals surface area contributed by atoms with Crippen LogP contribution >= 0.6 is 0 Å². The molecule has 0 fully saturated rings. The summed E-state index contributed by atoms with van der Waals surface area (Å²) in [6.07, 6.45) is 1.37. The number of hydrogen-bond acceptors (Lipinski definition) is 4. The summed E-state index contributed by atoms with van der Waals surface area (Å²) in [5, 5.41) is 11.8. The van der Waals surface area contributed by atoms with Gasteiger partial charge >= 0.3 is 5.97 Å². The molecule has 0 spiro atoms. The Morgan fingerprint density at radius 1 is 1.05 bits per heavy atom. The van der Waals surface area contributed by atoms with Gasteiger partial charge in [-0.1, -0.05) is 0 Å². The molecule has 1 aromatic heterocycles. The zero-order chi connectivity index (χ0) is 13.8. The molecular weight excluding hydrogens is 246 g/mol. The van der Waals surface area contributed by atoms with Crippen LogP contribution in [0.4, 0.5) is 11.5 Å². The lowest BCUT2D eigenvalue weighted by atomic mass is 10.2. The van der Waals surface area contributed by atoms with Gasteiger partial charge < -0.3 is 16.2 Å². The molecule has 6 heteroatoms. The van der Waals surface area contributed by atoms with Crippen molar-refractivity contribution in [2.24, 2.45) is 5.73 Å². The van der Waals surface area contributed by atoms with Gasteiger partial charge in [0, 0.05) is 11.9 Å². The van der Waals surface area contributed by atoms with Gasteiger partial charge in [-0.25, -0.2) is 9.78 Å². The largest absolute Gasteiger partial charge is 0.478 e. The zero-order valence-electron chi connectivity index (χ0n) is 9.83. The Kier molecular flexibility index (Phi) is 3.42. The summed E-state index contributed by atoms with van der Waals surface area (Å²) in [6.45, 7) is 0. The SMILES string of the molecule is NC(=O)c1ccc(Nc2ccc(C(=O)O)cc2)nc1. The van der Waals surface area contributed by atoms with Crippen molar-refractivity contribution in [2.75, 3.05) is 5.32 Å². The Labute approximate surface area is 108 Å². The Morgan fingerprint density at radius 3 is 2.16 bits per heavy atom. The number of carboxylic acid groups (broad SMARTS) is 1. The minimum Gasteiger partial charge on any atom is -0.478 e. The summed E-state index contributed by atoms with van der Waals surface area (Å²) in [4.78, 5) is 25.6. The summed E-state index contributed by atoms with van der Waals surface area (Å²) < 4.78 is 0. The molecule has 0 saturated carbocycles. The maximum atomic E-state index is 10.9. The van der Waals surface area contributed by atoms with E-state index >= 15 is 0 Å². The van der Waals surface area contributed by atoms with Crippen LogP contribution < -0.4 is 11.1 Å². The third kappa shape index (κ3) is 3.06. The average Bonchev–Trinajstić information content (AvgIpc) is 2.40. The number of nitrogens with zero attached hydrogens (tertiary/aromatic N) is 1. The molecule has 2 rings (SSSR count). The van der Waals surface area contributed by atoms with E-state index in [0.717, 1.165) is 0 Å². The summed E-state index contributed by atoms with van der Waals surface area (Å²) in [5.41, 5.74) is 6.34. The number of anilines is 2. The molecule has 0 bridgehead atoms. The lowest BCUT2D eigenvalue weighted by molar-refractivity contribution is 0.0696. The topological polar surface area (TPSA) is 105 Å². The number of nitrogens with two attached hydrogens (primary N) is 1. The van der Waals surface area contributed by atoms with Crippen molar-refractivity contribution in [3.63, 3.8) is 0 Å². The first-order valence-electron chi connectivity index (χ1n) is 5.42. The minimum absolute atomic E-state index is 0.211. The van der Waals surface area contributed by atoms with Crippen LogP contribution in [0.2, 0.25) is 0 Å². The van der Waals surface area contributed by atoms with Gasteiger partial charge in [-0.05, 0) is 36.4 Å². The molecule has 96 valence electrons. The number of aromatic nitrogens is 1. The van der Waals surface area contributed by atoms with Crippen LogP contribution in [-0.4, -0.2) is 22.0 Å². The number of primary amides is 1. The van der Waals surface area contributed by atoms with Gasteiger partial charge in [0.05, 0.1) is 11.1 Å². The number of rotatable bonds is 4. The molecule has 1 aromatic carbocycles.